The third-order valence-corrected chi connectivity index (χ3v) is 6.52. The van der Waals surface area contributed by atoms with E-state index in [9.17, 15) is 4.79 Å². The Morgan fingerprint density at radius 1 is 1.00 bits per heavy atom. The molecule has 1 aromatic heterocycles. The lowest BCUT2D eigenvalue weighted by molar-refractivity contribution is 0.0204. The summed E-state index contributed by atoms with van der Waals surface area (Å²) in [5.74, 6) is 1.62. The zero-order valence-corrected chi connectivity index (χ0v) is 22.4. The molecule has 1 aliphatic rings. The number of benzene rings is 2. The molecular weight excluding hydrogens is 466 g/mol. The van der Waals surface area contributed by atoms with Crippen LogP contribution >= 0.6 is 0 Å². The number of rotatable bonds is 7. The number of hydrogen-bond donors (Lipinski definition) is 0. The number of carbonyl (C=O) groups excluding carboxylic acids is 1. The maximum absolute atomic E-state index is 12.6. The number of para-hydroxylation sites is 1. The second kappa shape index (κ2) is 11.5. The highest BCUT2D eigenvalue weighted by Gasteiger charge is 2.30. The highest BCUT2D eigenvalue weighted by molar-refractivity contribution is 5.69. The molecule has 3 aromatic rings. The van der Waals surface area contributed by atoms with Crippen LogP contribution in [-0.2, 0) is 11.3 Å². The first kappa shape index (κ1) is 26.3. The molecule has 196 valence electrons. The summed E-state index contributed by atoms with van der Waals surface area (Å²) in [6, 6.07) is 20.6. The summed E-state index contributed by atoms with van der Waals surface area (Å²) in [5.41, 5.74) is 3.62. The lowest BCUT2D eigenvalue weighted by Crippen LogP contribution is -2.48. The largest absolute Gasteiger partial charge is 0.497 e. The number of nitrogens with zero attached hydrogens (tertiary/aromatic N) is 3. The summed E-state index contributed by atoms with van der Waals surface area (Å²) in [6.45, 7) is 7.74. The van der Waals surface area contributed by atoms with Crippen LogP contribution in [0.2, 0.25) is 0 Å². The summed E-state index contributed by atoms with van der Waals surface area (Å²) in [7, 11) is 3.35. The van der Waals surface area contributed by atoms with Gasteiger partial charge in [0.15, 0.2) is 0 Å². The number of anilines is 1. The van der Waals surface area contributed by atoms with E-state index in [-0.39, 0.29) is 12.1 Å². The molecule has 0 N–H and O–H groups in total. The third kappa shape index (κ3) is 6.73. The van der Waals surface area contributed by atoms with E-state index in [1.54, 1.807) is 14.2 Å². The molecule has 0 aliphatic carbocycles. The van der Waals surface area contributed by atoms with Crippen molar-refractivity contribution in [1.29, 1.82) is 0 Å². The van der Waals surface area contributed by atoms with E-state index < -0.39 is 5.60 Å². The van der Waals surface area contributed by atoms with Gasteiger partial charge in [-0.3, -0.25) is 4.98 Å². The number of piperidine rings is 1. The summed E-state index contributed by atoms with van der Waals surface area (Å²) in [6.07, 6.45) is 3.33. The van der Waals surface area contributed by atoms with Gasteiger partial charge in [-0.1, -0.05) is 12.1 Å². The van der Waals surface area contributed by atoms with E-state index in [4.69, 9.17) is 14.2 Å². The molecule has 2 heterocycles. The lowest BCUT2D eigenvalue weighted by Gasteiger charge is -2.40. The Labute approximate surface area is 220 Å². The molecule has 1 fully saturated rings. The summed E-state index contributed by atoms with van der Waals surface area (Å²) in [5, 5.41) is 0. The molecule has 0 radical (unpaired) electrons. The fourth-order valence-electron chi connectivity index (χ4n) is 4.66. The highest BCUT2D eigenvalue weighted by Crippen LogP contribution is 2.31. The topological polar surface area (TPSA) is 64.1 Å². The molecule has 7 nitrogen and oxygen atoms in total. The van der Waals surface area contributed by atoms with E-state index in [1.165, 1.54) is 0 Å². The quantitative estimate of drug-likeness (QED) is 0.384. The van der Waals surface area contributed by atoms with Crippen molar-refractivity contribution in [2.45, 2.75) is 51.8 Å². The number of likely N-dealkylation sites (tertiary alicyclic amines) is 1. The van der Waals surface area contributed by atoms with Crippen LogP contribution in [-0.4, -0.2) is 54.9 Å². The molecule has 1 saturated heterocycles. The van der Waals surface area contributed by atoms with Crippen molar-refractivity contribution >= 4 is 11.8 Å². The monoisotopic (exact) mass is 503 g/mol. The second-order valence-electron chi connectivity index (χ2n) is 10.3. The third-order valence-electron chi connectivity index (χ3n) is 6.52. The smallest absolute Gasteiger partial charge is 0.410 e. The van der Waals surface area contributed by atoms with E-state index in [0.717, 1.165) is 46.8 Å². The van der Waals surface area contributed by atoms with Crippen molar-refractivity contribution in [3.63, 3.8) is 0 Å². The lowest BCUT2D eigenvalue weighted by atomic mass is 10.0. The van der Waals surface area contributed by atoms with Crippen molar-refractivity contribution in [1.82, 2.24) is 9.88 Å². The Kier molecular flexibility index (Phi) is 8.21. The van der Waals surface area contributed by atoms with Crippen LogP contribution < -0.4 is 14.4 Å². The molecule has 37 heavy (non-hydrogen) atoms. The Balaban J connectivity index is 1.56. The van der Waals surface area contributed by atoms with Gasteiger partial charge < -0.3 is 24.0 Å². The first-order chi connectivity index (χ1) is 17.8. The SMILES string of the molecule is COc1ccc(N(Cc2ccnc(-c3ccccc3OC)c2)C2CCN(C(=O)OC(C)(C)C)CC2)cc1. The molecule has 7 heteroatoms. The average molecular weight is 504 g/mol. The standard InChI is InChI=1S/C30H37N3O4/c1-30(2,3)37-29(34)32-18-15-24(16-19-32)33(23-10-12-25(35-4)13-11-23)21-22-14-17-31-27(20-22)26-8-6-7-9-28(26)36-5/h6-14,17,20,24H,15-16,18-19,21H2,1-5H3. The zero-order valence-electron chi connectivity index (χ0n) is 22.4. The molecule has 0 unspecified atom stereocenters. The van der Waals surface area contributed by atoms with Gasteiger partial charge in [0, 0.05) is 43.1 Å². The highest BCUT2D eigenvalue weighted by atomic mass is 16.6. The van der Waals surface area contributed by atoms with Gasteiger partial charge in [-0.05, 0) is 87.7 Å². The molecule has 0 atom stereocenters. The van der Waals surface area contributed by atoms with Gasteiger partial charge in [0.1, 0.15) is 17.1 Å². The average Bonchev–Trinajstić information content (AvgIpc) is 2.91. The number of carbonyl (C=O) groups is 1. The summed E-state index contributed by atoms with van der Waals surface area (Å²) in [4.78, 5) is 21.5. The number of pyridine rings is 1. The van der Waals surface area contributed by atoms with E-state index in [2.05, 4.69) is 34.1 Å². The number of aromatic nitrogens is 1. The number of ether oxygens (including phenoxy) is 3. The van der Waals surface area contributed by atoms with Crippen LogP contribution in [0.5, 0.6) is 11.5 Å². The van der Waals surface area contributed by atoms with Gasteiger partial charge in [-0.15, -0.1) is 0 Å². The molecule has 1 aliphatic heterocycles. The molecule has 0 bridgehead atoms. The van der Waals surface area contributed by atoms with E-state index >= 15 is 0 Å². The minimum Gasteiger partial charge on any atom is -0.497 e. The van der Waals surface area contributed by atoms with Crippen LogP contribution in [0.1, 0.15) is 39.2 Å². The second-order valence-corrected chi connectivity index (χ2v) is 10.3. The number of methoxy groups -OCH3 is 2. The van der Waals surface area contributed by atoms with Gasteiger partial charge in [-0.2, -0.15) is 0 Å². The fourth-order valence-corrected chi connectivity index (χ4v) is 4.66. The normalized spacial score (nSPS) is 14.2. The first-order valence-corrected chi connectivity index (χ1v) is 12.7. The van der Waals surface area contributed by atoms with Gasteiger partial charge in [0.2, 0.25) is 0 Å². The maximum Gasteiger partial charge on any atom is 0.410 e. The van der Waals surface area contributed by atoms with Crippen LogP contribution in [0.3, 0.4) is 0 Å². The van der Waals surface area contributed by atoms with E-state index in [0.29, 0.717) is 19.6 Å². The van der Waals surface area contributed by atoms with Gasteiger partial charge in [0.25, 0.3) is 0 Å². The van der Waals surface area contributed by atoms with Gasteiger partial charge in [-0.25, -0.2) is 4.79 Å². The Bertz CT molecular complexity index is 1180. The predicted octanol–water partition coefficient (Wildman–Crippen LogP) is 6.17. The molecule has 2 aromatic carbocycles. The Hall–Kier alpha value is -3.74. The predicted molar refractivity (Wildman–Crippen MR) is 146 cm³/mol. The zero-order chi connectivity index (χ0) is 26.4. The van der Waals surface area contributed by atoms with Gasteiger partial charge in [0.05, 0.1) is 19.9 Å². The van der Waals surface area contributed by atoms with Crippen LogP contribution in [0.25, 0.3) is 11.3 Å². The molecular formula is C30H37N3O4. The van der Waals surface area contributed by atoms with E-state index in [1.807, 2.05) is 68.3 Å². The van der Waals surface area contributed by atoms with Crippen molar-refractivity contribution in [2.24, 2.45) is 0 Å². The number of amides is 1. The molecule has 0 spiro atoms. The Morgan fingerprint density at radius 3 is 2.35 bits per heavy atom. The summed E-state index contributed by atoms with van der Waals surface area (Å²) >= 11 is 0. The van der Waals surface area contributed by atoms with Crippen molar-refractivity contribution in [3.05, 3.63) is 72.4 Å². The minimum absolute atomic E-state index is 0.238. The van der Waals surface area contributed by atoms with Crippen LogP contribution in [0.4, 0.5) is 10.5 Å². The first-order valence-electron chi connectivity index (χ1n) is 12.7. The fraction of sp³-hybridized carbons (Fsp3) is 0.400. The Morgan fingerprint density at radius 2 is 1.70 bits per heavy atom. The molecule has 1 amide bonds. The minimum atomic E-state index is -0.496. The van der Waals surface area contributed by atoms with Gasteiger partial charge >= 0.3 is 6.09 Å². The summed E-state index contributed by atoms with van der Waals surface area (Å²) < 4.78 is 16.5. The van der Waals surface area contributed by atoms with Crippen molar-refractivity contribution in [2.75, 3.05) is 32.2 Å². The van der Waals surface area contributed by atoms with Crippen molar-refractivity contribution < 1.29 is 19.0 Å². The van der Waals surface area contributed by atoms with Crippen LogP contribution in [0, 0.1) is 0 Å². The maximum atomic E-state index is 12.6. The number of hydrogen-bond acceptors (Lipinski definition) is 6. The van der Waals surface area contributed by atoms with Crippen molar-refractivity contribution in [3.8, 4) is 22.8 Å². The molecule has 4 rings (SSSR count). The molecule has 0 saturated carbocycles. The van der Waals surface area contributed by atoms with Crippen LogP contribution in [0.15, 0.2) is 66.9 Å².